The maximum absolute atomic E-state index is 12.6. The highest BCUT2D eigenvalue weighted by Gasteiger charge is 2.27. The zero-order chi connectivity index (χ0) is 17.6. The Morgan fingerprint density at radius 1 is 1.24 bits per heavy atom. The Balaban J connectivity index is 1.66. The Labute approximate surface area is 148 Å². The molecule has 2 saturated heterocycles. The Morgan fingerprint density at radius 3 is 2.72 bits per heavy atom. The van der Waals surface area contributed by atoms with Gasteiger partial charge >= 0.3 is 6.03 Å². The second-order valence-corrected chi connectivity index (χ2v) is 6.46. The number of nitrogens with one attached hydrogen (secondary N) is 1. The van der Waals surface area contributed by atoms with E-state index in [1.165, 1.54) is 0 Å². The minimum atomic E-state index is -0.135. The van der Waals surface area contributed by atoms with Crippen molar-refractivity contribution in [1.82, 2.24) is 4.90 Å². The van der Waals surface area contributed by atoms with Gasteiger partial charge in [-0.05, 0) is 37.1 Å². The average Bonchev–Trinajstić information content (AvgIpc) is 2.65. The molecule has 1 aromatic carbocycles. The minimum Gasteiger partial charge on any atom is -0.396 e. The lowest BCUT2D eigenvalue weighted by atomic mass is 10.1. The summed E-state index contributed by atoms with van der Waals surface area (Å²) in [5.41, 5.74) is 3.00. The van der Waals surface area contributed by atoms with Crippen molar-refractivity contribution in [3.8, 4) is 0 Å². The molecular formula is C18H27N3O4. The van der Waals surface area contributed by atoms with Gasteiger partial charge in [0.2, 0.25) is 0 Å². The zero-order valence-corrected chi connectivity index (χ0v) is 14.7. The number of aliphatic hydroxyl groups is 1. The Bertz CT molecular complexity index is 588. The fourth-order valence-electron chi connectivity index (χ4n) is 3.30. The number of aryl methyl sites for hydroxylation is 1. The Morgan fingerprint density at radius 2 is 2.00 bits per heavy atom. The van der Waals surface area contributed by atoms with Gasteiger partial charge in [-0.1, -0.05) is 0 Å². The summed E-state index contributed by atoms with van der Waals surface area (Å²) in [4.78, 5) is 16.7. The van der Waals surface area contributed by atoms with Crippen LogP contribution in [0.2, 0.25) is 0 Å². The van der Waals surface area contributed by atoms with E-state index in [4.69, 9.17) is 9.47 Å². The normalized spacial score (nSPS) is 21.3. The Hall–Kier alpha value is -1.83. The molecule has 0 saturated carbocycles. The lowest BCUT2D eigenvalue weighted by Gasteiger charge is -2.35. The van der Waals surface area contributed by atoms with Crippen LogP contribution < -0.4 is 10.2 Å². The molecule has 0 radical (unpaired) electrons. The first-order chi connectivity index (χ1) is 12.2. The van der Waals surface area contributed by atoms with E-state index in [0.717, 1.165) is 43.2 Å². The lowest BCUT2D eigenvalue weighted by Crippen LogP contribution is -2.50. The quantitative estimate of drug-likeness (QED) is 0.861. The summed E-state index contributed by atoms with van der Waals surface area (Å²) in [6.07, 6.45) is 0.530. The van der Waals surface area contributed by atoms with Crippen LogP contribution in [0.3, 0.4) is 0 Å². The predicted octanol–water partition coefficient (Wildman–Crippen LogP) is 1.45. The van der Waals surface area contributed by atoms with Crippen LogP contribution in [0.5, 0.6) is 0 Å². The molecular weight excluding hydrogens is 322 g/mol. The fourth-order valence-corrected chi connectivity index (χ4v) is 3.30. The smallest absolute Gasteiger partial charge is 0.322 e. The third-order valence-electron chi connectivity index (χ3n) is 4.78. The number of rotatable bonds is 4. The highest BCUT2D eigenvalue weighted by atomic mass is 16.5. The van der Waals surface area contributed by atoms with Crippen molar-refractivity contribution in [3.63, 3.8) is 0 Å². The molecule has 25 heavy (non-hydrogen) atoms. The van der Waals surface area contributed by atoms with Gasteiger partial charge in [-0.25, -0.2) is 4.79 Å². The number of amides is 2. The molecule has 7 nitrogen and oxygen atoms in total. The number of morpholine rings is 2. The van der Waals surface area contributed by atoms with E-state index in [1.807, 2.05) is 19.1 Å². The van der Waals surface area contributed by atoms with Crippen LogP contribution in [0.25, 0.3) is 0 Å². The van der Waals surface area contributed by atoms with Crippen molar-refractivity contribution in [2.45, 2.75) is 19.4 Å². The second kappa shape index (κ2) is 8.51. The van der Waals surface area contributed by atoms with Gasteiger partial charge in [0, 0.05) is 37.6 Å². The summed E-state index contributed by atoms with van der Waals surface area (Å²) in [6.45, 7) is 6.88. The van der Waals surface area contributed by atoms with Crippen LogP contribution in [0.1, 0.15) is 12.0 Å². The van der Waals surface area contributed by atoms with Gasteiger partial charge in [-0.2, -0.15) is 0 Å². The molecule has 0 aromatic heterocycles. The molecule has 2 aliphatic rings. The molecule has 1 aromatic rings. The van der Waals surface area contributed by atoms with Gasteiger partial charge in [0.1, 0.15) is 0 Å². The van der Waals surface area contributed by atoms with Crippen LogP contribution in [-0.4, -0.2) is 74.7 Å². The van der Waals surface area contributed by atoms with Crippen molar-refractivity contribution >= 4 is 17.4 Å². The van der Waals surface area contributed by atoms with Gasteiger partial charge in [0.25, 0.3) is 0 Å². The number of hydrogen-bond donors (Lipinski definition) is 2. The van der Waals surface area contributed by atoms with Gasteiger partial charge in [0.05, 0.1) is 32.5 Å². The summed E-state index contributed by atoms with van der Waals surface area (Å²) in [5, 5.41) is 12.2. The molecule has 138 valence electrons. The fraction of sp³-hybridized carbons (Fsp3) is 0.611. The topological polar surface area (TPSA) is 74.3 Å². The standard InChI is InChI=1S/C18H27N3O4/c1-14-12-15(20-5-9-24-10-6-20)2-3-17(14)19-18(23)21-7-11-25-13-16(21)4-8-22/h2-3,12,16,22H,4-11,13H2,1H3,(H,19,23). The number of carbonyl (C=O) groups excluding carboxylic acids is 1. The van der Waals surface area contributed by atoms with E-state index in [2.05, 4.69) is 16.3 Å². The molecule has 1 unspecified atom stereocenters. The van der Waals surface area contributed by atoms with E-state index in [9.17, 15) is 9.90 Å². The van der Waals surface area contributed by atoms with E-state index in [-0.39, 0.29) is 18.7 Å². The summed E-state index contributed by atoms with van der Waals surface area (Å²) >= 11 is 0. The molecule has 0 bridgehead atoms. The number of benzene rings is 1. The molecule has 2 fully saturated rings. The first kappa shape index (κ1) is 18.0. The highest BCUT2D eigenvalue weighted by Crippen LogP contribution is 2.24. The van der Waals surface area contributed by atoms with Crippen LogP contribution >= 0.6 is 0 Å². The van der Waals surface area contributed by atoms with Gasteiger partial charge in [-0.3, -0.25) is 0 Å². The van der Waals surface area contributed by atoms with Crippen molar-refractivity contribution in [1.29, 1.82) is 0 Å². The molecule has 2 aliphatic heterocycles. The molecule has 2 N–H and O–H groups in total. The minimum absolute atomic E-state index is 0.0467. The largest absolute Gasteiger partial charge is 0.396 e. The predicted molar refractivity (Wildman–Crippen MR) is 96.2 cm³/mol. The molecule has 0 aliphatic carbocycles. The maximum Gasteiger partial charge on any atom is 0.322 e. The average molecular weight is 349 g/mol. The molecule has 2 heterocycles. The molecule has 3 rings (SSSR count). The monoisotopic (exact) mass is 349 g/mol. The Kier molecular flexibility index (Phi) is 6.12. The number of urea groups is 1. The summed E-state index contributed by atoms with van der Waals surface area (Å²) < 4.78 is 10.8. The third kappa shape index (κ3) is 4.42. The van der Waals surface area contributed by atoms with Gasteiger partial charge in [0.15, 0.2) is 0 Å². The summed E-state index contributed by atoms with van der Waals surface area (Å²) in [7, 11) is 0. The highest BCUT2D eigenvalue weighted by molar-refractivity contribution is 5.90. The molecule has 1 atom stereocenters. The first-order valence-corrected chi connectivity index (χ1v) is 8.88. The van der Waals surface area contributed by atoms with Crippen molar-refractivity contribution < 1.29 is 19.4 Å². The van der Waals surface area contributed by atoms with Crippen LogP contribution in [0, 0.1) is 6.92 Å². The maximum atomic E-state index is 12.6. The molecule has 0 spiro atoms. The van der Waals surface area contributed by atoms with Crippen LogP contribution in [0.15, 0.2) is 18.2 Å². The number of carbonyl (C=O) groups is 1. The van der Waals surface area contributed by atoms with Crippen molar-refractivity contribution in [3.05, 3.63) is 23.8 Å². The number of aliphatic hydroxyl groups excluding tert-OH is 1. The van der Waals surface area contributed by atoms with E-state index in [0.29, 0.717) is 26.2 Å². The lowest BCUT2D eigenvalue weighted by molar-refractivity contribution is 0.00728. The summed E-state index contributed by atoms with van der Waals surface area (Å²) in [6, 6.07) is 5.89. The number of anilines is 2. The second-order valence-electron chi connectivity index (χ2n) is 6.46. The van der Waals surface area contributed by atoms with Crippen molar-refractivity contribution in [2.24, 2.45) is 0 Å². The van der Waals surface area contributed by atoms with E-state index >= 15 is 0 Å². The molecule has 7 heteroatoms. The molecule has 2 amide bonds. The number of ether oxygens (including phenoxy) is 2. The van der Waals surface area contributed by atoms with Gasteiger partial charge in [-0.15, -0.1) is 0 Å². The van der Waals surface area contributed by atoms with Crippen LogP contribution in [-0.2, 0) is 9.47 Å². The van der Waals surface area contributed by atoms with E-state index < -0.39 is 0 Å². The van der Waals surface area contributed by atoms with Gasteiger partial charge < -0.3 is 29.7 Å². The van der Waals surface area contributed by atoms with Crippen LogP contribution in [0.4, 0.5) is 16.2 Å². The SMILES string of the molecule is Cc1cc(N2CCOCC2)ccc1NC(=O)N1CCOCC1CCO. The zero-order valence-electron chi connectivity index (χ0n) is 14.7. The number of nitrogens with zero attached hydrogens (tertiary/aromatic N) is 2. The first-order valence-electron chi connectivity index (χ1n) is 8.88. The van der Waals surface area contributed by atoms with Crippen molar-refractivity contribution in [2.75, 3.05) is 62.9 Å². The van der Waals surface area contributed by atoms with E-state index in [1.54, 1.807) is 4.90 Å². The third-order valence-corrected chi connectivity index (χ3v) is 4.78. The summed E-state index contributed by atoms with van der Waals surface area (Å²) in [5.74, 6) is 0. The number of hydrogen-bond acceptors (Lipinski definition) is 5.